The molecule has 0 unspecified atom stereocenters. The number of alkyl halides is 3. The van der Waals surface area contributed by atoms with Crippen LogP contribution in [0.1, 0.15) is 36.4 Å². The summed E-state index contributed by atoms with van der Waals surface area (Å²) in [6.07, 6.45) is -1.24. The molecule has 3 aliphatic rings. The van der Waals surface area contributed by atoms with Gasteiger partial charge in [0.1, 0.15) is 0 Å². The molecule has 0 saturated carbocycles. The molecule has 30 heavy (non-hydrogen) atoms. The van der Waals surface area contributed by atoms with Crippen LogP contribution in [0.5, 0.6) is 0 Å². The van der Waals surface area contributed by atoms with E-state index in [1.165, 1.54) is 6.07 Å². The zero-order chi connectivity index (χ0) is 20.9. The first-order valence-electron chi connectivity index (χ1n) is 10.6. The summed E-state index contributed by atoms with van der Waals surface area (Å²) in [5.41, 5.74) is 0.770. The molecule has 1 aromatic heterocycles. The monoisotopic (exact) mass is 418 g/mol. The maximum Gasteiger partial charge on any atom is 0.416 e. The number of aromatic nitrogens is 1. The highest BCUT2D eigenvalue weighted by molar-refractivity contribution is 5.63. The minimum atomic E-state index is -4.43. The Hall–Kier alpha value is -2.12. The topological polar surface area (TPSA) is 34.5 Å². The van der Waals surface area contributed by atoms with E-state index in [2.05, 4.69) is 4.90 Å². The van der Waals surface area contributed by atoms with Gasteiger partial charge in [-0.05, 0) is 55.0 Å². The summed E-state index contributed by atoms with van der Waals surface area (Å²) in [6.45, 7) is 4.17. The lowest BCUT2D eigenvalue weighted by Gasteiger charge is -2.46. The van der Waals surface area contributed by atoms with E-state index in [4.69, 9.17) is 4.74 Å². The molecular weight excluding hydrogens is 393 g/mol. The fourth-order valence-electron chi connectivity index (χ4n) is 5.41. The summed E-state index contributed by atoms with van der Waals surface area (Å²) in [5, 5.41) is 0. The summed E-state index contributed by atoms with van der Waals surface area (Å²) < 4.78 is 46.6. The molecule has 4 nitrogen and oxygen atoms in total. The lowest BCUT2D eigenvalue weighted by Crippen LogP contribution is -2.51. The standard InChI is InChI=1S/C23H25F3N2O2/c24-23(25,26)18-3-1-2-16(11-18)20-4-5-21-17-10-15(13-28(21)22(20)29)12-27(14-17)19-6-8-30-9-7-19/h1-5,11,15,17,19H,6-10,12-14H2/t15-,17-/m1/s1. The molecule has 5 rings (SSSR count). The van der Waals surface area contributed by atoms with Crippen LogP contribution in [0.4, 0.5) is 13.2 Å². The molecule has 0 aliphatic carbocycles. The van der Waals surface area contributed by atoms with Crippen molar-refractivity contribution in [3.8, 4) is 11.1 Å². The molecule has 2 bridgehead atoms. The Labute approximate surface area is 173 Å². The second kappa shape index (κ2) is 7.54. The van der Waals surface area contributed by atoms with Gasteiger partial charge in [0.05, 0.1) is 5.56 Å². The summed E-state index contributed by atoms with van der Waals surface area (Å²) in [7, 11) is 0. The molecule has 0 radical (unpaired) electrons. The Morgan fingerprint density at radius 3 is 2.57 bits per heavy atom. The Bertz CT molecular complexity index is 995. The van der Waals surface area contributed by atoms with Gasteiger partial charge in [0.15, 0.2) is 0 Å². The van der Waals surface area contributed by atoms with Crippen molar-refractivity contribution in [3.63, 3.8) is 0 Å². The molecule has 1 aromatic carbocycles. The molecule has 2 aromatic rings. The molecule has 0 spiro atoms. The van der Waals surface area contributed by atoms with E-state index in [0.717, 1.165) is 63.4 Å². The van der Waals surface area contributed by atoms with Gasteiger partial charge in [0.25, 0.3) is 5.56 Å². The zero-order valence-corrected chi connectivity index (χ0v) is 16.7. The number of benzene rings is 1. The van der Waals surface area contributed by atoms with Gasteiger partial charge < -0.3 is 9.30 Å². The second-order valence-electron chi connectivity index (χ2n) is 8.76. The quantitative estimate of drug-likeness (QED) is 0.736. The molecular formula is C23H25F3N2O2. The molecule has 7 heteroatoms. The SMILES string of the molecule is O=c1c(-c2cccc(C(F)(F)F)c2)ccc2n1C[C@@H]1C[C@@H]2CN(C2CCOCC2)C1. The van der Waals surface area contributed by atoms with Crippen molar-refractivity contribution in [2.24, 2.45) is 5.92 Å². The lowest BCUT2D eigenvalue weighted by atomic mass is 9.81. The summed E-state index contributed by atoms with van der Waals surface area (Å²) in [5.74, 6) is 0.692. The van der Waals surface area contributed by atoms with Crippen molar-refractivity contribution in [2.75, 3.05) is 26.3 Å². The van der Waals surface area contributed by atoms with Crippen molar-refractivity contribution in [3.05, 3.63) is 58.0 Å². The van der Waals surface area contributed by atoms with E-state index in [-0.39, 0.29) is 5.56 Å². The first-order valence-corrected chi connectivity index (χ1v) is 10.6. The van der Waals surface area contributed by atoms with E-state index >= 15 is 0 Å². The summed E-state index contributed by atoms with van der Waals surface area (Å²) in [4.78, 5) is 15.8. The van der Waals surface area contributed by atoms with Crippen LogP contribution in [0.25, 0.3) is 11.1 Å². The van der Waals surface area contributed by atoms with Crippen LogP contribution in [0, 0.1) is 5.92 Å². The molecule has 3 aliphatic heterocycles. The molecule has 0 N–H and O–H groups in total. The van der Waals surface area contributed by atoms with Crippen LogP contribution in [-0.2, 0) is 17.5 Å². The summed E-state index contributed by atoms with van der Waals surface area (Å²) in [6, 6.07) is 9.25. The highest BCUT2D eigenvalue weighted by Gasteiger charge is 2.38. The van der Waals surface area contributed by atoms with E-state index < -0.39 is 11.7 Å². The Kier molecular flexibility index (Phi) is 4.98. The Balaban J connectivity index is 1.46. The van der Waals surface area contributed by atoms with Crippen molar-refractivity contribution in [1.82, 2.24) is 9.47 Å². The number of fused-ring (bicyclic) bond motifs is 4. The maximum atomic E-state index is 13.2. The van der Waals surface area contributed by atoms with Gasteiger partial charge >= 0.3 is 6.18 Å². The van der Waals surface area contributed by atoms with Gasteiger partial charge in [0.2, 0.25) is 0 Å². The highest BCUT2D eigenvalue weighted by Crippen LogP contribution is 2.38. The van der Waals surface area contributed by atoms with Gasteiger partial charge in [-0.15, -0.1) is 0 Å². The van der Waals surface area contributed by atoms with Gasteiger partial charge in [-0.1, -0.05) is 12.1 Å². The van der Waals surface area contributed by atoms with Crippen LogP contribution in [0.15, 0.2) is 41.2 Å². The first-order chi connectivity index (χ1) is 14.4. The van der Waals surface area contributed by atoms with Crippen LogP contribution in [0.3, 0.4) is 0 Å². The molecule has 2 saturated heterocycles. The predicted molar refractivity (Wildman–Crippen MR) is 107 cm³/mol. The zero-order valence-electron chi connectivity index (χ0n) is 16.7. The van der Waals surface area contributed by atoms with Crippen LogP contribution in [0.2, 0.25) is 0 Å². The van der Waals surface area contributed by atoms with E-state index in [1.807, 2.05) is 10.6 Å². The Morgan fingerprint density at radius 1 is 1.00 bits per heavy atom. The number of halogens is 3. The number of hydrogen-bond donors (Lipinski definition) is 0. The second-order valence-corrected chi connectivity index (χ2v) is 8.76. The molecule has 0 amide bonds. The predicted octanol–water partition coefficient (Wildman–Crippen LogP) is 4.13. The fourth-order valence-corrected chi connectivity index (χ4v) is 5.41. The number of piperidine rings is 1. The fraction of sp³-hybridized carbons (Fsp3) is 0.522. The van der Waals surface area contributed by atoms with E-state index in [9.17, 15) is 18.0 Å². The molecule has 2 atom stereocenters. The smallest absolute Gasteiger partial charge is 0.381 e. The van der Waals surface area contributed by atoms with Crippen LogP contribution < -0.4 is 5.56 Å². The first kappa shape index (κ1) is 19.8. The third-order valence-electron chi connectivity index (χ3n) is 6.84. The van der Waals surface area contributed by atoms with E-state index in [1.54, 1.807) is 12.1 Å². The number of nitrogens with zero attached hydrogens (tertiary/aromatic N) is 2. The number of likely N-dealkylation sites (tertiary alicyclic amines) is 1. The molecule has 160 valence electrons. The number of ether oxygens (including phenoxy) is 1. The normalized spacial score (nSPS) is 25.2. The number of pyridine rings is 1. The van der Waals surface area contributed by atoms with Crippen LogP contribution in [-0.4, -0.2) is 41.8 Å². The van der Waals surface area contributed by atoms with Crippen molar-refractivity contribution in [2.45, 2.75) is 43.9 Å². The Morgan fingerprint density at radius 2 is 1.80 bits per heavy atom. The van der Waals surface area contributed by atoms with Crippen molar-refractivity contribution < 1.29 is 17.9 Å². The maximum absolute atomic E-state index is 13.2. The van der Waals surface area contributed by atoms with Crippen molar-refractivity contribution in [1.29, 1.82) is 0 Å². The van der Waals surface area contributed by atoms with Gasteiger partial charge in [-0.3, -0.25) is 9.69 Å². The van der Waals surface area contributed by atoms with E-state index in [0.29, 0.717) is 35.5 Å². The third-order valence-corrected chi connectivity index (χ3v) is 6.84. The van der Waals surface area contributed by atoms with Crippen LogP contribution >= 0.6 is 0 Å². The average Bonchev–Trinajstić information content (AvgIpc) is 2.74. The van der Waals surface area contributed by atoms with Gasteiger partial charge in [-0.25, -0.2) is 0 Å². The summed E-state index contributed by atoms with van der Waals surface area (Å²) >= 11 is 0. The minimum absolute atomic E-state index is 0.180. The lowest BCUT2D eigenvalue weighted by molar-refractivity contribution is -0.137. The van der Waals surface area contributed by atoms with Gasteiger partial charge in [0, 0.05) is 56.1 Å². The molecule has 2 fully saturated rings. The molecule has 4 heterocycles. The minimum Gasteiger partial charge on any atom is -0.381 e. The number of rotatable bonds is 2. The third kappa shape index (κ3) is 3.58. The number of hydrogen-bond acceptors (Lipinski definition) is 3. The average molecular weight is 418 g/mol. The van der Waals surface area contributed by atoms with Gasteiger partial charge in [-0.2, -0.15) is 13.2 Å². The highest BCUT2D eigenvalue weighted by atomic mass is 19.4. The van der Waals surface area contributed by atoms with Crippen molar-refractivity contribution >= 4 is 0 Å². The largest absolute Gasteiger partial charge is 0.416 e.